The highest BCUT2D eigenvalue weighted by Crippen LogP contribution is 2.55. The van der Waals surface area contributed by atoms with E-state index in [1.165, 1.54) is 31.4 Å². The van der Waals surface area contributed by atoms with Crippen LogP contribution in [0.1, 0.15) is 48.9 Å². The van der Waals surface area contributed by atoms with Crippen LogP contribution in [0, 0.1) is 23.6 Å². The molecule has 4 bridgehead atoms. The van der Waals surface area contributed by atoms with E-state index in [-0.39, 0.29) is 22.8 Å². The fraction of sp³-hybridized carbons (Fsp3) is 0.588. The summed E-state index contributed by atoms with van der Waals surface area (Å²) in [5.41, 5.74) is -0.0839. The van der Waals surface area contributed by atoms with Crippen LogP contribution in [0.25, 0.3) is 0 Å². The minimum atomic E-state index is -0.655. The Hall–Kier alpha value is -1.58. The Labute approximate surface area is 123 Å². The van der Waals surface area contributed by atoms with Crippen molar-refractivity contribution >= 4 is 5.91 Å². The van der Waals surface area contributed by atoms with Crippen molar-refractivity contribution in [3.63, 3.8) is 0 Å². The lowest BCUT2D eigenvalue weighted by Crippen LogP contribution is -2.59. The first kappa shape index (κ1) is 13.1. The molecule has 4 aliphatic carbocycles. The molecule has 0 atom stereocenters. The first-order valence-corrected chi connectivity index (χ1v) is 7.84. The van der Waals surface area contributed by atoms with Crippen molar-refractivity contribution in [2.24, 2.45) is 17.8 Å². The molecule has 4 saturated carbocycles. The Morgan fingerprint density at radius 2 is 1.71 bits per heavy atom. The van der Waals surface area contributed by atoms with Gasteiger partial charge in [0.25, 0.3) is 5.91 Å². The quantitative estimate of drug-likeness (QED) is 0.878. The average molecular weight is 289 g/mol. The van der Waals surface area contributed by atoms with E-state index >= 15 is 0 Å². The summed E-state index contributed by atoms with van der Waals surface area (Å²) in [6, 6.07) is 3.72. The van der Waals surface area contributed by atoms with E-state index in [1.54, 1.807) is 0 Å². The first-order valence-electron chi connectivity index (χ1n) is 7.84. The second-order valence-corrected chi connectivity index (χ2v) is 7.32. The summed E-state index contributed by atoms with van der Waals surface area (Å²) in [4.78, 5) is 12.4. The maximum atomic E-state index is 13.8. The highest BCUT2D eigenvalue weighted by atomic mass is 19.1. The highest BCUT2D eigenvalue weighted by Gasteiger charge is 2.51. The van der Waals surface area contributed by atoms with Gasteiger partial charge in [-0.15, -0.1) is 0 Å². The van der Waals surface area contributed by atoms with Crippen LogP contribution in [0.15, 0.2) is 18.2 Å². The van der Waals surface area contributed by atoms with E-state index in [2.05, 4.69) is 5.32 Å². The van der Waals surface area contributed by atoms with Crippen LogP contribution in [0.5, 0.6) is 5.75 Å². The summed E-state index contributed by atoms with van der Waals surface area (Å²) in [7, 11) is 0. The fourth-order valence-electron chi connectivity index (χ4n) is 5.26. The number of hydrogen-bond donors (Lipinski definition) is 2. The van der Waals surface area contributed by atoms with E-state index in [4.69, 9.17) is 0 Å². The molecule has 1 amide bonds. The number of rotatable bonds is 2. The number of carbonyl (C=O) groups excluding carboxylic acids is 1. The fourth-order valence-corrected chi connectivity index (χ4v) is 5.26. The molecule has 4 aliphatic rings. The standard InChI is InChI=1S/C17H20FNO2/c18-15-6-13(20)1-2-14(15)16(21)19-17-7-10-3-11(8-17)5-12(4-10)9-17/h1-2,6,10-12,20H,3-5,7-9H2,(H,19,21). The SMILES string of the molecule is O=C(NC12CC3CC(CC(C3)C1)C2)c1ccc(O)cc1F. The number of amides is 1. The molecule has 0 spiro atoms. The third kappa shape index (κ3) is 2.21. The lowest BCUT2D eigenvalue weighted by molar-refractivity contribution is -0.0167. The zero-order valence-corrected chi connectivity index (χ0v) is 11.9. The van der Waals surface area contributed by atoms with Gasteiger partial charge in [-0.25, -0.2) is 4.39 Å². The molecule has 0 heterocycles. The number of aromatic hydroxyl groups is 1. The van der Waals surface area contributed by atoms with Gasteiger partial charge in [-0.2, -0.15) is 0 Å². The summed E-state index contributed by atoms with van der Waals surface area (Å²) in [5.74, 6) is 1.06. The van der Waals surface area contributed by atoms with E-state index in [0.717, 1.165) is 43.1 Å². The molecule has 3 nitrogen and oxygen atoms in total. The smallest absolute Gasteiger partial charge is 0.254 e. The molecule has 1 aromatic rings. The van der Waals surface area contributed by atoms with Crippen LogP contribution in [0.3, 0.4) is 0 Å². The van der Waals surface area contributed by atoms with Gasteiger partial charge in [-0.1, -0.05) is 0 Å². The van der Waals surface area contributed by atoms with Gasteiger partial charge in [0.05, 0.1) is 5.56 Å². The number of halogens is 1. The van der Waals surface area contributed by atoms with E-state index in [0.29, 0.717) is 0 Å². The largest absolute Gasteiger partial charge is 0.508 e. The minimum absolute atomic E-state index is 0.0311. The molecule has 0 aliphatic heterocycles. The Morgan fingerprint density at radius 1 is 1.14 bits per heavy atom. The summed E-state index contributed by atoms with van der Waals surface area (Å²) in [6.45, 7) is 0. The molecule has 0 aromatic heterocycles. The van der Waals surface area contributed by atoms with E-state index < -0.39 is 5.82 Å². The third-order valence-electron chi connectivity index (χ3n) is 5.61. The lowest BCUT2D eigenvalue weighted by Gasteiger charge is -2.56. The lowest BCUT2D eigenvalue weighted by atomic mass is 9.53. The van der Waals surface area contributed by atoms with Crippen molar-refractivity contribution in [3.8, 4) is 5.75 Å². The maximum absolute atomic E-state index is 13.8. The van der Waals surface area contributed by atoms with Crippen molar-refractivity contribution in [2.75, 3.05) is 0 Å². The second kappa shape index (κ2) is 4.46. The van der Waals surface area contributed by atoms with Crippen molar-refractivity contribution in [2.45, 2.75) is 44.1 Å². The predicted octanol–water partition coefficient (Wildman–Crippen LogP) is 3.23. The normalized spacial score (nSPS) is 36.7. The van der Waals surface area contributed by atoms with Gasteiger partial charge in [0, 0.05) is 11.6 Å². The molecule has 4 fully saturated rings. The summed E-state index contributed by atoms with van der Waals surface area (Å²) in [5, 5.41) is 12.4. The number of nitrogens with one attached hydrogen (secondary N) is 1. The number of hydrogen-bond acceptors (Lipinski definition) is 2. The average Bonchev–Trinajstić information content (AvgIpc) is 2.35. The predicted molar refractivity (Wildman–Crippen MR) is 76.4 cm³/mol. The molecule has 0 radical (unpaired) electrons. The van der Waals surface area contributed by atoms with Crippen molar-refractivity contribution in [1.29, 1.82) is 0 Å². The zero-order valence-electron chi connectivity index (χ0n) is 11.9. The molecular weight excluding hydrogens is 269 g/mol. The maximum Gasteiger partial charge on any atom is 0.254 e. The Bertz CT molecular complexity index is 563. The Kier molecular flexibility index (Phi) is 2.78. The molecule has 1 aromatic carbocycles. The number of phenolic OH excluding ortho intramolecular Hbond substituents is 1. The second-order valence-electron chi connectivity index (χ2n) is 7.32. The van der Waals surface area contributed by atoms with Crippen LogP contribution in [0.2, 0.25) is 0 Å². The third-order valence-corrected chi connectivity index (χ3v) is 5.61. The highest BCUT2D eigenvalue weighted by molar-refractivity contribution is 5.95. The Morgan fingerprint density at radius 3 is 2.24 bits per heavy atom. The summed E-state index contributed by atoms with van der Waals surface area (Å²) < 4.78 is 13.8. The first-order chi connectivity index (χ1) is 10.0. The molecule has 0 unspecified atom stereocenters. The zero-order chi connectivity index (χ0) is 14.6. The minimum Gasteiger partial charge on any atom is -0.508 e. The molecule has 4 heteroatoms. The van der Waals surface area contributed by atoms with Crippen LogP contribution < -0.4 is 5.32 Å². The van der Waals surface area contributed by atoms with Gasteiger partial charge >= 0.3 is 0 Å². The number of phenols is 1. The topological polar surface area (TPSA) is 49.3 Å². The van der Waals surface area contributed by atoms with Gasteiger partial charge in [-0.3, -0.25) is 4.79 Å². The molecule has 0 saturated heterocycles. The van der Waals surface area contributed by atoms with E-state index in [1.807, 2.05) is 0 Å². The number of carbonyl (C=O) groups is 1. The molecule has 5 rings (SSSR count). The summed E-state index contributed by atoms with van der Waals surface area (Å²) >= 11 is 0. The van der Waals surface area contributed by atoms with Crippen LogP contribution in [0.4, 0.5) is 4.39 Å². The number of benzene rings is 1. The van der Waals surface area contributed by atoms with Gasteiger partial charge in [0.15, 0.2) is 0 Å². The molecule has 21 heavy (non-hydrogen) atoms. The molecule has 112 valence electrons. The van der Waals surface area contributed by atoms with Crippen molar-refractivity contribution in [3.05, 3.63) is 29.6 Å². The van der Waals surface area contributed by atoms with Crippen LogP contribution in [-0.2, 0) is 0 Å². The monoisotopic (exact) mass is 289 g/mol. The van der Waals surface area contributed by atoms with Crippen molar-refractivity contribution < 1.29 is 14.3 Å². The van der Waals surface area contributed by atoms with Gasteiger partial charge in [0.2, 0.25) is 0 Å². The van der Waals surface area contributed by atoms with Gasteiger partial charge in [0.1, 0.15) is 11.6 Å². The van der Waals surface area contributed by atoms with Crippen LogP contribution >= 0.6 is 0 Å². The van der Waals surface area contributed by atoms with Gasteiger partial charge < -0.3 is 10.4 Å². The van der Waals surface area contributed by atoms with Gasteiger partial charge in [-0.05, 0) is 68.4 Å². The van der Waals surface area contributed by atoms with E-state index in [9.17, 15) is 14.3 Å². The summed E-state index contributed by atoms with van der Waals surface area (Å²) in [6.07, 6.45) is 7.06. The molecule has 2 N–H and O–H groups in total. The Balaban J connectivity index is 1.57. The molecular formula is C17H20FNO2. The van der Waals surface area contributed by atoms with Crippen LogP contribution in [-0.4, -0.2) is 16.6 Å². The van der Waals surface area contributed by atoms with Crippen molar-refractivity contribution in [1.82, 2.24) is 5.32 Å².